The SMILES string of the molecule is C#CCOC(C)(C)CCOC(C)(C)CC#C. The van der Waals surface area contributed by atoms with Crippen LogP contribution in [-0.2, 0) is 9.47 Å². The van der Waals surface area contributed by atoms with Gasteiger partial charge in [-0.1, -0.05) is 5.92 Å². The molecule has 0 radical (unpaired) electrons. The van der Waals surface area contributed by atoms with Gasteiger partial charge in [0, 0.05) is 6.42 Å². The van der Waals surface area contributed by atoms with Crippen molar-refractivity contribution in [3.05, 3.63) is 0 Å². The summed E-state index contributed by atoms with van der Waals surface area (Å²) in [7, 11) is 0. The summed E-state index contributed by atoms with van der Waals surface area (Å²) < 4.78 is 11.2. The fraction of sp³-hybridized carbons (Fsp3) is 0.714. The highest BCUT2D eigenvalue weighted by atomic mass is 16.5. The zero-order valence-corrected chi connectivity index (χ0v) is 10.8. The first kappa shape index (κ1) is 15.0. The quantitative estimate of drug-likeness (QED) is 0.616. The second kappa shape index (κ2) is 6.59. The molecule has 2 heteroatoms. The van der Waals surface area contributed by atoms with Gasteiger partial charge in [-0.3, -0.25) is 0 Å². The maximum absolute atomic E-state index is 5.71. The van der Waals surface area contributed by atoms with Crippen LogP contribution in [0, 0.1) is 24.7 Å². The van der Waals surface area contributed by atoms with Gasteiger partial charge in [0.25, 0.3) is 0 Å². The second-order valence-electron chi connectivity index (χ2n) is 4.99. The number of hydrogen-bond acceptors (Lipinski definition) is 2. The third kappa shape index (κ3) is 7.35. The molecule has 0 aliphatic heterocycles. The molecule has 0 heterocycles. The Hall–Kier alpha value is -0.960. The summed E-state index contributed by atoms with van der Waals surface area (Å²) in [5.41, 5.74) is -0.518. The van der Waals surface area contributed by atoms with Crippen LogP contribution in [0.25, 0.3) is 0 Å². The lowest BCUT2D eigenvalue weighted by atomic mass is 10.0. The van der Waals surface area contributed by atoms with Gasteiger partial charge in [-0.2, -0.15) is 0 Å². The summed E-state index contributed by atoms with van der Waals surface area (Å²) in [5.74, 6) is 5.07. The Balaban J connectivity index is 3.89. The van der Waals surface area contributed by atoms with E-state index in [2.05, 4.69) is 11.8 Å². The molecule has 0 amide bonds. The fourth-order valence-corrected chi connectivity index (χ4v) is 1.18. The van der Waals surface area contributed by atoms with Gasteiger partial charge in [0.2, 0.25) is 0 Å². The molecule has 0 aromatic rings. The van der Waals surface area contributed by atoms with Crippen LogP contribution < -0.4 is 0 Å². The van der Waals surface area contributed by atoms with E-state index in [0.29, 0.717) is 19.6 Å². The van der Waals surface area contributed by atoms with Gasteiger partial charge in [-0.05, 0) is 34.1 Å². The normalized spacial score (nSPS) is 11.9. The highest BCUT2D eigenvalue weighted by molar-refractivity contribution is 4.92. The molecule has 0 aliphatic rings. The smallest absolute Gasteiger partial charge is 0.108 e. The summed E-state index contributed by atoms with van der Waals surface area (Å²) in [6.07, 6.45) is 11.8. The van der Waals surface area contributed by atoms with Crippen molar-refractivity contribution >= 4 is 0 Å². The van der Waals surface area contributed by atoms with Gasteiger partial charge in [0.05, 0.1) is 17.8 Å². The minimum absolute atomic E-state index is 0.251. The lowest BCUT2D eigenvalue weighted by Crippen LogP contribution is -2.30. The maximum Gasteiger partial charge on any atom is 0.108 e. The highest BCUT2D eigenvalue weighted by Gasteiger charge is 2.21. The average molecular weight is 222 g/mol. The zero-order chi connectivity index (χ0) is 12.7. The summed E-state index contributed by atoms with van der Waals surface area (Å²) in [6, 6.07) is 0. The summed E-state index contributed by atoms with van der Waals surface area (Å²) in [4.78, 5) is 0. The Labute approximate surface area is 99.7 Å². The van der Waals surface area contributed by atoms with E-state index in [1.165, 1.54) is 0 Å². The molecular weight excluding hydrogens is 200 g/mol. The topological polar surface area (TPSA) is 18.5 Å². The number of ether oxygens (including phenoxy) is 2. The Morgan fingerprint density at radius 2 is 1.56 bits per heavy atom. The van der Waals surface area contributed by atoms with Crippen LogP contribution in [0.3, 0.4) is 0 Å². The Bertz CT molecular complexity index is 276. The van der Waals surface area contributed by atoms with Gasteiger partial charge < -0.3 is 9.47 Å². The molecule has 0 saturated heterocycles. The van der Waals surface area contributed by atoms with Crippen molar-refractivity contribution in [2.24, 2.45) is 0 Å². The van der Waals surface area contributed by atoms with Crippen molar-refractivity contribution in [1.29, 1.82) is 0 Å². The van der Waals surface area contributed by atoms with Gasteiger partial charge in [-0.25, -0.2) is 0 Å². The lowest BCUT2D eigenvalue weighted by Gasteiger charge is -2.28. The van der Waals surface area contributed by atoms with E-state index in [0.717, 1.165) is 6.42 Å². The van der Waals surface area contributed by atoms with Crippen LogP contribution in [0.1, 0.15) is 40.5 Å². The first-order chi connectivity index (χ1) is 7.33. The van der Waals surface area contributed by atoms with E-state index in [9.17, 15) is 0 Å². The molecule has 0 aliphatic carbocycles. The largest absolute Gasteiger partial charge is 0.374 e. The third-order valence-corrected chi connectivity index (χ3v) is 2.27. The van der Waals surface area contributed by atoms with Crippen LogP contribution in [0.2, 0.25) is 0 Å². The molecule has 0 saturated carbocycles. The summed E-state index contributed by atoms with van der Waals surface area (Å²) >= 11 is 0. The zero-order valence-electron chi connectivity index (χ0n) is 10.8. The second-order valence-corrected chi connectivity index (χ2v) is 4.99. The number of rotatable bonds is 7. The van der Waals surface area contributed by atoms with Crippen molar-refractivity contribution < 1.29 is 9.47 Å². The Morgan fingerprint density at radius 3 is 2.06 bits per heavy atom. The van der Waals surface area contributed by atoms with Crippen LogP contribution in [-0.4, -0.2) is 24.4 Å². The van der Waals surface area contributed by atoms with E-state index in [1.54, 1.807) is 0 Å². The standard InChI is InChI=1S/C14H22O2/c1-7-9-13(3,4)16-12-10-14(5,6)15-11-8-2/h1-2H,9-12H2,3-6H3. The third-order valence-electron chi connectivity index (χ3n) is 2.27. The molecule has 0 aromatic carbocycles. The van der Waals surface area contributed by atoms with Gasteiger partial charge in [-0.15, -0.1) is 18.8 Å². The van der Waals surface area contributed by atoms with Gasteiger partial charge >= 0.3 is 0 Å². The van der Waals surface area contributed by atoms with Crippen molar-refractivity contribution in [1.82, 2.24) is 0 Å². The first-order valence-electron chi connectivity index (χ1n) is 5.48. The molecule has 0 bridgehead atoms. The highest BCUT2D eigenvalue weighted by Crippen LogP contribution is 2.18. The van der Waals surface area contributed by atoms with E-state index in [-0.39, 0.29) is 11.2 Å². The lowest BCUT2D eigenvalue weighted by molar-refractivity contribution is -0.0624. The van der Waals surface area contributed by atoms with Crippen molar-refractivity contribution in [3.63, 3.8) is 0 Å². The maximum atomic E-state index is 5.71. The minimum Gasteiger partial charge on any atom is -0.374 e. The first-order valence-corrected chi connectivity index (χ1v) is 5.48. The van der Waals surface area contributed by atoms with Crippen molar-refractivity contribution in [3.8, 4) is 24.7 Å². The molecule has 0 fully saturated rings. The van der Waals surface area contributed by atoms with Crippen LogP contribution >= 0.6 is 0 Å². The molecular formula is C14H22O2. The van der Waals surface area contributed by atoms with Crippen LogP contribution in [0.15, 0.2) is 0 Å². The number of terminal acetylenes is 2. The molecule has 0 aromatic heterocycles. The fourth-order valence-electron chi connectivity index (χ4n) is 1.18. The molecule has 0 spiro atoms. The molecule has 0 N–H and O–H groups in total. The molecule has 16 heavy (non-hydrogen) atoms. The summed E-state index contributed by atoms with van der Waals surface area (Å²) in [5, 5.41) is 0. The predicted octanol–water partition coefficient (Wildman–Crippen LogP) is 2.62. The van der Waals surface area contributed by atoms with E-state index in [4.69, 9.17) is 22.3 Å². The molecule has 0 atom stereocenters. The monoisotopic (exact) mass is 222 g/mol. The Morgan fingerprint density at radius 1 is 0.938 bits per heavy atom. The average Bonchev–Trinajstić information content (AvgIpc) is 2.14. The molecule has 0 unspecified atom stereocenters. The van der Waals surface area contributed by atoms with Crippen LogP contribution in [0.4, 0.5) is 0 Å². The van der Waals surface area contributed by atoms with Gasteiger partial charge in [0.1, 0.15) is 6.61 Å². The van der Waals surface area contributed by atoms with Gasteiger partial charge in [0.15, 0.2) is 0 Å². The van der Waals surface area contributed by atoms with E-state index in [1.807, 2.05) is 27.7 Å². The minimum atomic E-state index is -0.267. The van der Waals surface area contributed by atoms with Crippen molar-refractivity contribution in [2.75, 3.05) is 13.2 Å². The number of hydrogen-bond donors (Lipinski definition) is 0. The van der Waals surface area contributed by atoms with Crippen LogP contribution in [0.5, 0.6) is 0 Å². The molecule has 90 valence electrons. The predicted molar refractivity (Wildman–Crippen MR) is 67.0 cm³/mol. The van der Waals surface area contributed by atoms with Crippen molar-refractivity contribution in [2.45, 2.75) is 51.7 Å². The summed E-state index contributed by atoms with van der Waals surface area (Å²) in [6.45, 7) is 8.93. The Kier molecular flexibility index (Phi) is 6.19. The molecule has 0 rings (SSSR count). The van der Waals surface area contributed by atoms with E-state index >= 15 is 0 Å². The van der Waals surface area contributed by atoms with E-state index < -0.39 is 0 Å². The molecule has 2 nitrogen and oxygen atoms in total.